The Morgan fingerprint density at radius 2 is 2.33 bits per heavy atom. The molecule has 1 saturated heterocycles. The predicted molar refractivity (Wildman–Crippen MR) is 78.6 cm³/mol. The van der Waals surface area contributed by atoms with Gasteiger partial charge in [-0.15, -0.1) is 0 Å². The summed E-state index contributed by atoms with van der Waals surface area (Å²) in [5.74, 6) is 0.855. The van der Waals surface area contributed by atoms with E-state index in [-0.39, 0.29) is 18.0 Å². The normalized spacial score (nSPS) is 17.0. The SMILES string of the molecule is CCCC(NC(=O)N1CCNC(=O)CC1)c1nccn1C. The molecule has 1 aliphatic rings. The minimum absolute atomic E-state index is 0.000454. The van der Waals surface area contributed by atoms with Crippen LogP contribution < -0.4 is 10.6 Å². The average molecular weight is 293 g/mol. The first-order chi connectivity index (χ1) is 10.1. The molecule has 1 aromatic rings. The molecule has 3 amide bonds. The fraction of sp³-hybridized carbons (Fsp3) is 0.643. The van der Waals surface area contributed by atoms with Crippen molar-refractivity contribution in [2.75, 3.05) is 19.6 Å². The summed E-state index contributed by atoms with van der Waals surface area (Å²) in [6, 6.07) is -0.234. The first kappa shape index (κ1) is 15.3. The second-order valence-corrected chi connectivity index (χ2v) is 5.27. The second-order valence-electron chi connectivity index (χ2n) is 5.27. The molecule has 1 aromatic heterocycles. The highest BCUT2D eigenvalue weighted by atomic mass is 16.2. The van der Waals surface area contributed by atoms with Gasteiger partial charge in [-0.25, -0.2) is 9.78 Å². The number of carbonyl (C=O) groups is 2. The van der Waals surface area contributed by atoms with E-state index in [1.54, 1.807) is 11.1 Å². The summed E-state index contributed by atoms with van der Waals surface area (Å²) >= 11 is 0. The van der Waals surface area contributed by atoms with Crippen molar-refractivity contribution in [3.8, 4) is 0 Å². The molecule has 0 radical (unpaired) electrons. The highest BCUT2D eigenvalue weighted by Crippen LogP contribution is 2.16. The highest BCUT2D eigenvalue weighted by Gasteiger charge is 2.23. The molecule has 2 N–H and O–H groups in total. The molecule has 7 nitrogen and oxygen atoms in total. The summed E-state index contributed by atoms with van der Waals surface area (Å²) < 4.78 is 1.92. The fourth-order valence-corrected chi connectivity index (χ4v) is 2.48. The molecule has 0 spiro atoms. The maximum atomic E-state index is 12.4. The number of imidazole rings is 1. The van der Waals surface area contributed by atoms with Gasteiger partial charge < -0.3 is 20.1 Å². The van der Waals surface area contributed by atoms with Gasteiger partial charge in [-0.05, 0) is 6.42 Å². The average Bonchev–Trinajstić information content (AvgIpc) is 2.75. The Bertz CT molecular complexity index is 499. The molecule has 1 aliphatic heterocycles. The molecular formula is C14H23N5O2. The number of carbonyl (C=O) groups excluding carboxylic acids is 2. The van der Waals surface area contributed by atoms with Crippen LogP contribution in [0.3, 0.4) is 0 Å². The van der Waals surface area contributed by atoms with E-state index in [0.717, 1.165) is 18.7 Å². The van der Waals surface area contributed by atoms with E-state index in [1.165, 1.54) is 0 Å². The van der Waals surface area contributed by atoms with Crippen LogP contribution in [0.15, 0.2) is 12.4 Å². The van der Waals surface area contributed by atoms with Crippen LogP contribution in [0.25, 0.3) is 0 Å². The van der Waals surface area contributed by atoms with E-state index in [2.05, 4.69) is 22.5 Å². The lowest BCUT2D eigenvalue weighted by Gasteiger charge is -2.24. The van der Waals surface area contributed by atoms with Crippen molar-refractivity contribution in [2.45, 2.75) is 32.2 Å². The molecule has 0 saturated carbocycles. The Morgan fingerprint density at radius 3 is 3.00 bits per heavy atom. The second kappa shape index (κ2) is 7.10. The van der Waals surface area contributed by atoms with Gasteiger partial charge in [0.25, 0.3) is 0 Å². The largest absolute Gasteiger partial charge is 0.354 e. The molecule has 2 rings (SSSR count). The molecule has 0 aliphatic carbocycles. The van der Waals surface area contributed by atoms with Crippen LogP contribution in [-0.4, -0.2) is 46.0 Å². The standard InChI is InChI=1S/C14H23N5O2/c1-3-4-11(13-16-6-9-18(13)2)17-14(21)19-8-5-12(20)15-7-10-19/h6,9,11H,3-5,7-8,10H2,1-2H3,(H,15,20)(H,17,21). The molecule has 0 aromatic carbocycles. The van der Waals surface area contributed by atoms with Crippen molar-refractivity contribution in [3.63, 3.8) is 0 Å². The van der Waals surface area contributed by atoms with Crippen molar-refractivity contribution in [3.05, 3.63) is 18.2 Å². The monoisotopic (exact) mass is 293 g/mol. The zero-order valence-corrected chi connectivity index (χ0v) is 12.6. The van der Waals surface area contributed by atoms with Crippen LogP contribution in [0.5, 0.6) is 0 Å². The number of urea groups is 1. The van der Waals surface area contributed by atoms with Crippen molar-refractivity contribution in [2.24, 2.45) is 7.05 Å². The number of nitrogens with one attached hydrogen (secondary N) is 2. The van der Waals surface area contributed by atoms with Gasteiger partial charge in [0.05, 0.1) is 6.04 Å². The van der Waals surface area contributed by atoms with Gasteiger partial charge in [0, 0.05) is 45.5 Å². The van der Waals surface area contributed by atoms with Crippen LogP contribution >= 0.6 is 0 Å². The minimum Gasteiger partial charge on any atom is -0.354 e. The molecule has 2 heterocycles. The Balaban J connectivity index is 2.01. The van der Waals surface area contributed by atoms with Gasteiger partial charge >= 0.3 is 6.03 Å². The Morgan fingerprint density at radius 1 is 1.52 bits per heavy atom. The minimum atomic E-state index is -0.132. The summed E-state index contributed by atoms with van der Waals surface area (Å²) in [7, 11) is 1.92. The van der Waals surface area contributed by atoms with Crippen molar-refractivity contribution < 1.29 is 9.59 Å². The summed E-state index contributed by atoms with van der Waals surface area (Å²) in [6.45, 7) is 3.58. The van der Waals surface area contributed by atoms with Crippen LogP contribution in [0.1, 0.15) is 38.1 Å². The molecule has 0 bridgehead atoms. The lowest BCUT2D eigenvalue weighted by atomic mass is 10.1. The van der Waals surface area contributed by atoms with Crippen molar-refractivity contribution in [1.29, 1.82) is 0 Å². The first-order valence-electron chi connectivity index (χ1n) is 7.41. The number of hydrogen-bond acceptors (Lipinski definition) is 3. The molecule has 1 atom stereocenters. The quantitative estimate of drug-likeness (QED) is 0.861. The number of aryl methyl sites for hydroxylation is 1. The van der Waals surface area contributed by atoms with Crippen molar-refractivity contribution >= 4 is 11.9 Å². The van der Waals surface area contributed by atoms with E-state index in [0.29, 0.717) is 26.1 Å². The number of amides is 3. The number of hydrogen-bond donors (Lipinski definition) is 2. The van der Waals surface area contributed by atoms with Gasteiger partial charge in [0.2, 0.25) is 5.91 Å². The summed E-state index contributed by atoms with van der Waals surface area (Å²) in [5, 5.41) is 5.81. The lowest BCUT2D eigenvalue weighted by molar-refractivity contribution is -0.120. The third-order valence-electron chi connectivity index (χ3n) is 3.65. The Kier molecular flexibility index (Phi) is 5.19. The summed E-state index contributed by atoms with van der Waals surface area (Å²) in [4.78, 5) is 29.7. The van der Waals surface area contributed by atoms with Crippen LogP contribution in [0, 0.1) is 0 Å². The maximum absolute atomic E-state index is 12.4. The van der Waals surface area contributed by atoms with E-state index < -0.39 is 0 Å². The first-order valence-corrected chi connectivity index (χ1v) is 7.41. The van der Waals surface area contributed by atoms with Crippen LogP contribution in [0.4, 0.5) is 4.79 Å². The number of aromatic nitrogens is 2. The zero-order valence-electron chi connectivity index (χ0n) is 12.6. The summed E-state index contributed by atoms with van der Waals surface area (Å²) in [5.41, 5.74) is 0. The zero-order chi connectivity index (χ0) is 15.2. The van der Waals surface area contributed by atoms with Gasteiger partial charge in [0.15, 0.2) is 0 Å². The van der Waals surface area contributed by atoms with Gasteiger partial charge in [-0.1, -0.05) is 13.3 Å². The van der Waals surface area contributed by atoms with E-state index in [9.17, 15) is 9.59 Å². The van der Waals surface area contributed by atoms with E-state index in [4.69, 9.17) is 0 Å². The number of rotatable bonds is 4. The molecule has 1 fully saturated rings. The summed E-state index contributed by atoms with van der Waals surface area (Å²) in [6.07, 6.45) is 5.76. The molecule has 116 valence electrons. The smallest absolute Gasteiger partial charge is 0.318 e. The maximum Gasteiger partial charge on any atom is 0.318 e. The Labute approximate surface area is 124 Å². The molecular weight excluding hydrogens is 270 g/mol. The number of nitrogens with zero attached hydrogens (tertiary/aromatic N) is 3. The molecule has 21 heavy (non-hydrogen) atoms. The highest BCUT2D eigenvalue weighted by molar-refractivity contribution is 5.79. The van der Waals surface area contributed by atoms with Gasteiger partial charge in [0.1, 0.15) is 5.82 Å². The molecule has 7 heteroatoms. The van der Waals surface area contributed by atoms with Gasteiger partial charge in [-0.2, -0.15) is 0 Å². The van der Waals surface area contributed by atoms with E-state index in [1.807, 2.05) is 17.8 Å². The predicted octanol–water partition coefficient (Wildman–Crippen LogP) is 0.793. The molecule has 1 unspecified atom stereocenters. The van der Waals surface area contributed by atoms with Crippen LogP contribution in [0.2, 0.25) is 0 Å². The van der Waals surface area contributed by atoms with E-state index >= 15 is 0 Å². The fourth-order valence-electron chi connectivity index (χ4n) is 2.48. The third kappa shape index (κ3) is 3.96. The van der Waals surface area contributed by atoms with Crippen LogP contribution in [-0.2, 0) is 11.8 Å². The third-order valence-corrected chi connectivity index (χ3v) is 3.65. The topological polar surface area (TPSA) is 79.3 Å². The van der Waals surface area contributed by atoms with Crippen molar-refractivity contribution in [1.82, 2.24) is 25.1 Å². The Hall–Kier alpha value is -2.05. The lowest BCUT2D eigenvalue weighted by Crippen LogP contribution is -2.43. The van der Waals surface area contributed by atoms with Gasteiger partial charge in [-0.3, -0.25) is 4.79 Å².